The molecule has 1 aliphatic rings. The van der Waals surface area contributed by atoms with E-state index in [0.29, 0.717) is 23.6 Å². The number of rotatable bonds is 7. The molecule has 2 aromatic carbocycles. The van der Waals surface area contributed by atoms with E-state index in [2.05, 4.69) is 10.1 Å². The summed E-state index contributed by atoms with van der Waals surface area (Å²) in [7, 11) is 1.59. The van der Waals surface area contributed by atoms with Crippen LogP contribution >= 0.6 is 0 Å². The minimum Gasteiger partial charge on any atom is -0.493 e. The van der Waals surface area contributed by atoms with Gasteiger partial charge in [-0.3, -0.25) is 0 Å². The van der Waals surface area contributed by atoms with Gasteiger partial charge in [0.1, 0.15) is 18.5 Å². The summed E-state index contributed by atoms with van der Waals surface area (Å²) in [5.41, 5.74) is 1.39. The number of β-amino-alcohol motifs (C(OH)–C–C–N with tert-alkyl or cyclic N) is 1. The van der Waals surface area contributed by atoms with Gasteiger partial charge in [-0.25, -0.2) is 4.39 Å². The lowest BCUT2D eigenvalue weighted by Crippen LogP contribution is -2.40. The molecule has 154 valence electrons. The van der Waals surface area contributed by atoms with Gasteiger partial charge in [0.15, 0.2) is 17.1 Å². The SMILES string of the molecule is COc1ccccc1OCC(O)CN1CCC(c2noc3cc(F)ccc23)CC1. The van der Waals surface area contributed by atoms with Gasteiger partial charge in [0.25, 0.3) is 0 Å². The highest BCUT2D eigenvalue weighted by atomic mass is 19.1. The number of piperidine rings is 1. The van der Waals surface area contributed by atoms with Crippen molar-refractivity contribution in [1.29, 1.82) is 0 Å². The summed E-state index contributed by atoms with van der Waals surface area (Å²) in [6.45, 7) is 2.46. The number of nitrogens with zero attached hydrogens (tertiary/aromatic N) is 2. The van der Waals surface area contributed by atoms with Crippen molar-refractivity contribution in [3.8, 4) is 11.5 Å². The Morgan fingerprint density at radius 1 is 1.21 bits per heavy atom. The van der Waals surface area contributed by atoms with Crippen molar-refractivity contribution in [2.75, 3.05) is 33.4 Å². The van der Waals surface area contributed by atoms with Crippen molar-refractivity contribution in [2.24, 2.45) is 0 Å². The van der Waals surface area contributed by atoms with Gasteiger partial charge in [0, 0.05) is 23.9 Å². The standard InChI is InChI=1S/C22H25FN2O4/c1-27-19-4-2-3-5-20(19)28-14-17(26)13-25-10-8-15(9-11-25)22-18-7-6-16(23)12-21(18)29-24-22/h2-7,12,15,17,26H,8-11,13-14H2,1H3. The molecule has 1 saturated heterocycles. The van der Waals surface area contributed by atoms with Gasteiger partial charge in [0.05, 0.1) is 12.8 Å². The minimum absolute atomic E-state index is 0.208. The van der Waals surface area contributed by atoms with Crippen molar-refractivity contribution >= 4 is 11.0 Å². The second kappa shape index (κ2) is 8.80. The molecule has 0 bridgehead atoms. The van der Waals surface area contributed by atoms with Crippen LogP contribution < -0.4 is 9.47 Å². The number of hydrogen-bond donors (Lipinski definition) is 1. The number of aliphatic hydroxyl groups excluding tert-OH is 1. The van der Waals surface area contributed by atoms with Gasteiger partial charge in [-0.2, -0.15) is 0 Å². The van der Waals surface area contributed by atoms with Crippen molar-refractivity contribution in [1.82, 2.24) is 10.1 Å². The van der Waals surface area contributed by atoms with Crippen LogP contribution in [0.5, 0.6) is 11.5 Å². The Bertz CT molecular complexity index is 953. The molecule has 1 N–H and O–H groups in total. The quantitative estimate of drug-likeness (QED) is 0.654. The van der Waals surface area contributed by atoms with E-state index in [0.717, 1.165) is 37.0 Å². The van der Waals surface area contributed by atoms with E-state index in [1.54, 1.807) is 13.2 Å². The maximum atomic E-state index is 13.3. The Morgan fingerprint density at radius 2 is 1.97 bits per heavy atom. The van der Waals surface area contributed by atoms with Gasteiger partial charge in [-0.05, 0) is 50.2 Å². The third-order valence-electron chi connectivity index (χ3n) is 5.41. The second-order valence-corrected chi connectivity index (χ2v) is 7.40. The van der Waals surface area contributed by atoms with Crippen molar-refractivity contribution in [2.45, 2.75) is 24.9 Å². The molecule has 4 rings (SSSR count). The van der Waals surface area contributed by atoms with E-state index >= 15 is 0 Å². The number of aromatic nitrogens is 1. The molecular weight excluding hydrogens is 375 g/mol. The maximum Gasteiger partial charge on any atom is 0.170 e. The van der Waals surface area contributed by atoms with E-state index in [1.807, 2.05) is 24.3 Å². The van der Waals surface area contributed by atoms with E-state index in [-0.39, 0.29) is 18.3 Å². The topological polar surface area (TPSA) is 68.0 Å². The third-order valence-corrected chi connectivity index (χ3v) is 5.41. The monoisotopic (exact) mass is 400 g/mol. The molecule has 29 heavy (non-hydrogen) atoms. The van der Waals surface area contributed by atoms with Gasteiger partial charge in [-0.15, -0.1) is 0 Å². The van der Waals surface area contributed by atoms with Crippen LogP contribution in [0.15, 0.2) is 47.0 Å². The summed E-state index contributed by atoms with van der Waals surface area (Å²) in [5, 5.41) is 15.4. The largest absolute Gasteiger partial charge is 0.493 e. The first-order valence-corrected chi connectivity index (χ1v) is 9.85. The van der Waals surface area contributed by atoms with Gasteiger partial charge in [-0.1, -0.05) is 17.3 Å². The van der Waals surface area contributed by atoms with E-state index in [4.69, 9.17) is 14.0 Å². The molecule has 0 saturated carbocycles. The van der Waals surface area contributed by atoms with Gasteiger partial charge < -0.3 is 24.0 Å². The molecule has 1 atom stereocenters. The molecular formula is C22H25FN2O4. The first-order valence-electron chi connectivity index (χ1n) is 9.85. The molecule has 2 heterocycles. The molecule has 6 nitrogen and oxygen atoms in total. The summed E-state index contributed by atoms with van der Waals surface area (Å²) in [4.78, 5) is 2.23. The lowest BCUT2D eigenvalue weighted by atomic mass is 9.91. The zero-order chi connectivity index (χ0) is 20.2. The van der Waals surface area contributed by atoms with Crippen LogP contribution in [0.2, 0.25) is 0 Å². The van der Waals surface area contributed by atoms with Crippen LogP contribution in [0, 0.1) is 5.82 Å². The second-order valence-electron chi connectivity index (χ2n) is 7.40. The Labute approximate surface area is 168 Å². The third kappa shape index (κ3) is 4.52. The molecule has 0 radical (unpaired) electrons. The Kier molecular flexibility index (Phi) is 5.97. The van der Waals surface area contributed by atoms with Crippen LogP contribution in [0.1, 0.15) is 24.5 Å². The molecule has 7 heteroatoms. The maximum absolute atomic E-state index is 13.3. The predicted octanol–water partition coefficient (Wildman–Crippen LogP) is 3.59. The number of likely N-dealkylation sites (tertiary alicyclic amines) is 1. The molecule has 0 amide bonds. The molecule has 1 aromatic heterocycles. The van der Waals surface area contributed by atoms with Crippen LogP contribution in [0.25, 0.3) is 11.0 Å². The van der Waals surface area contributed by atoms with Gasteiger partial charge >= 0.3 is 0 Å². The highest BCUT2D eigenvalue weighted by Gasteiger charge is 2.26. The highest BCUT2D eigenvalue weighted by molar-refractivity contribution is 5.79. The summed E-state index contributed by atoms with van der Waals surface area (Å²) >= 11 is 0. The number of benzene rings is 2. The Hall–Kier alpha value is -2.64. The summed E-state index contributed by atoms with van der Waals surface area (Å²) < 4.78 is 29.6. The summed E-state index contributed by atoms with van der Waals surface area (Å²) in [5.74, 6) is 1.24. The molecule has 0 aliphatic carbocycles. The number of ether oxygens (including phenoxy) is 2. The summed E-state index contributed by atoms with van der Waals surface area (Å²) in [6, 6.07) is 12.0. The smallest absolute Gasteiger partial charge is 0.170 e. The first kappa shape index (κ1) is 19.7. The zero-order valence-electron chi connectivity index (χ0n) is 16.4. The number of hydrogen-bond acceptors (Lipinski definition) is 6. The van der Waals surface area contributed by atoms with Crippen LogP contribution in [-0.2, 0) is 0 Å². The number of para-hydroxylation sites is 2. The predicted molar refractivity (Wildman–Crippen MR) is 107 cm³/mol. The molecule has 0 spiro atoms. The molecule has 1 aliphatic heterocycles. The van der Waals surface area contributed by atoms with E-state index < -0.39 is 6.10 Å². The minimum atomic E-state index is -0.590. The fraction of sp³-hybridized carbons (Fsp3) is 0.409. The number of fused-ring (bicyclic) bond motifs is 1. The average Bonchev–Trinajstić information content (AvgIpc) is 3.16. The van der Waals surface area contributed by atoms with Crippen LogP contribution in [0.3, 0.4) is 0 Å². The molecule has 1 fully saturated rings. The first-order chi connectivity index (χ1) is 14.1. The van der Waals surface area contributed by atoms with Crippen molar-refractivity contribution < 1.29 is 23.5 Å². The highest BCUT2D eigenvalue weighted by Crippen LogP contribution is 2.33. The normalized spacial score (nSPS) is 16.8. The zero-order valence-corrected chi connectivity index (χ0v) is 16.4. The fourth-order valence-electron chi connectivity index (χ4n) is 3.89. The molecule has 3 aromatic rings. The van der Waals surface area contributed by atoms with E-state index in [9.17, 15) is 9.50 Å². The summed E-state index contributed by atoms with van der Waals surface area (Å²) in [6.07, 6.45) is 1.24. The number of aliphatic hydroxyl groups is 1. The lowest BCUT2D eigenvalue weighted by molar-refractivity contribution is 0.0583. The Morgan fingerprint density at radius 3 is 2.72 bits per heavy atom. The van der Waals surface area contributed by atoms with Crippen LogP contribution in [0.4, 0.5) is 4.39 Å². The molecule has 1 unspecified atom stereocenters. The van der Waals surface area contributed by atoms with Crippen LogP contribution in [-0.4, -0.2) is 54.6 Å². The van der Waals surface area contributed by atoms with Crippen molar-refractivity contribution in [3.05, 3.63) is 54.0 Å². The van der Waals surface area contributed by atoms with E-state index in [1.165, 1.54) is 12.1 Å². The number of halogens is 1. The fourth-order valence-corrected chi connectivity index (χ4v) is 3.89. The number of methoxy groups -OCH3 is 1. The average molecular weight is 400 g/mol. The van der Waals surface area contributed by atoms with Crippen molar-refractivity contribution in [3.63, 3.8) is 0 Å². The Balaban J connectivity index is 1.28. The van der Waals surface area contributed by atoms with Gasteiger partial charge in [0.2, 0.25) is 0 Å². The lowest BCUT2D eigenvalue weighted by Gasteiger charge is -2.32.